The van der Waals surface area contributed by atoms with E-state index in [1.807, 2.05) is 5.51 Å². The molecule has 1 nitrogen and oxygen atoms in total. The average Bonchev–Trinajstić information content (AvgIpc) is 2.78. The number of nitrogens with zero attached hydrogens (tertiary/aromatic N) is 1. The highest BCUT2D eigenvalue weighted by Gasteiger charge is 2.12. The molecule has 0 saturated heterocycles. The molecule has 0 amide bonds. The van der Waals surface area contributed by atoms with Crippen LogP contribution in [0.15, 0.2) is 35.2 Å². The Morgan fingerprint density at radius 2 is 2.31 bits per heavy atom. The summed E-state index contributed by atoms with van der Waals surface area (Å²) in [7, 11) is 0. The Morgan fingerprint density at radius 3 is 2.94 bits per heavy atom. The van der Waals surface area contributed by atoms with Crippen LogP contribution in [0.3, 0.4) is 0 Å². The highest BCUT2D eigenvalue weighted by atomic mass is 35.5. The van der Waals surface area contributed by atoms with Gasteiger partial charge in [-0.05, 0) is 18.9 Å². The lowest BCUT2D eigenvalue weighted by atomic mass is 9.95. The van der Waals surface area contributed by atoms with Crippen LogP contribution >= 0.6 is 22.9 Å². The Labute approximate surface area is 105 Å². The van der Waals surface area contributed by atoms with E-state index in [-0.39, 0.29) is 0 Å². The first-order chi connectivity index (χ1) is 7.79. The molecule has 16 heavy (non-hydrogen) atoms. The Morgan fingerprint density at radius 1 is 1.44 bits per heavy atom. The molecule has 3 heteroatoms. The lowest BCUT2D eigenvalue weighted by Gasteiger charge is -2.13. The normalized spacial score (nSPS) is 12.6. The molecule has 1 aromatic heterocycles. The molecule has 1 aromatic carbocycles. The van der Waals surface area contributed by atoms with Crippen molar-refractivity contribution in [1.82, 2.24) is 4.98 Å². The molecule has 0 radical (unpaired) electrons. The topological polar surface area (TPSA) is 12.9 Å². The summed E-state index contributed by atoms with van der Waals surface area (Å²) in [5.41, 5.74) is 5.60. The van der Waals surface area contributed by atoms with Gasteiger partial charge in [0, 0.05) is 17.2 Å². The van der Waals surface area contributed by atoms with E-state index in [1.165, 1.54) is 11.1 Å². The Balaban J connectivity index is 2.16. The monoisotopic (exact) mass is 251 g/mol. The number of rotatable bonds is 4. The fourth-order valence-corrected chi connectivity index (χ4v) is 2.63. The second kappa shape index (κ2) is 5.46. The van der Waals surface area contributed by atoms with Crippen LogP contribution in [0.5, 0.6) is 0 Å². The molecular formula is C13H14ClNS. The second-order valence-corrected chi connectivity index (χ2v) is 4.98. The van der Waals surface area contributed by atoms with Crippen molar-refractivity contribution in [3.05, 3.63) is 52.0 Å². The summed E-state index contributed by atoms with van der Waals surface area (Å²) < 4.78 is 0. The van der Waals surface area contributed by atoms with Crippen molar-refractivity contribution < 1.29 is 0 Å². The number of aryl methyl sites for hydroxylation is 1. The maximum atomic E-state index is 6.05. The number of hydrogen-bond donors (Lipinski definition) is 0. The van der Waals surface area contributed by atoms with Gasteiger partial charge in [-0.2, -0.15) is 0 Å². The summed E-state index contributed by atoms with van der Waals surface area (Å²) in [6.07, 6.45) is 0.927. The van der Waals surface area contributed by atoms with E-state index in [4.69, 9.17) is 11.6 Å². The quantitative estimate of drug-likeness (QED) is 0.748. The van der Waals surface area contributed by atoms with Gasteiger partial charge in [0.15, 0.2) is 0 Å². The number of aromatic nitrogens is 1. The molecule has 84 valence electrons. The first kappa shape index (κ1) is 11.6. The standard InChI is InChI=1S/C13H14ClNS/c1-10-3-2-4-11(5-10)12(7-14)6-13-8-16-9-15-13/h2-5,8-9,12H,6-7H2,1H3. The number of benzene rings is 1. The van der Waals surface area contributed by atoms with Crippen LogP contribution in [-0.4, -0.2) is 10.9 Å². The first-order valence-electron chi connectivity index (χ1n) is 5.29. The fourth-order valence-electron chi connectivity index (χ4n) is 1.78. The van der Waals surface area contributed by atoms with Gasteiger partial charge < -0.3 is 0 Å². The van der Waals surface area contributed by atoms with Crippen molar-refractivity contribution in [2.24, 2.45) is 0 Å². The molecule has 0 N–H and O–H groups in total. The minimum atomic E-state index is 0.365. The summed E-state index contributed by atoms with van der Waals surface area (Å²) in [6, 6.07) is 8.55. The van der Waals surface area contributed by atoms with Gasteiger partial charge in [-0.25, -0.2) is 4.98 Å². The van der Waals surface area contributed by atoms with E-state index in [1.54, 1.807) is 11.3 Å². The molecule has 0 aliphatic rings. The van der Waals surface area contributed by atoms with Gasteiger partial charge in [-0.1, -0.05) is 29.8 Å². The van der Waals surface area contributed by atoms with Gasteiger partial charge in [0.1, 0.15) is 0 Å². The second-order valence-electron chi connectivity index (χ2n) is 3.95. The molecule has 1 unspecified atom stereocenters. The number of alkyl halides is 1. The van der Waals surface area contributed by atoms with Crippen LogP contribution in [0.2, 0.25) is 0 Å². The van der Waals surface area contributed by atoms with Crippen molar-refractivity contribution >= 4 is 22.9 Å². The van der Waals surface area contributed by atoms with Gasteiger partial charge in [-0.3, -0.25) is 0 Å². The predicted octanol–water partition coefficient (Wildman–Crippen LogP) is 4.02. The highest BCUT2D eigenvalue weighted by molar-refractivity contribution is 7.07. The highest BCUT2D eigenvalue weighted by Crippen LogP contribution is 2.23. The SMILES string of the molecule is Cc1cccc(C(CCl)Cc2cscn2)c1. The zero-order chi connectivity index (χ0) is 11.4. The molecule has 0 aliphatic carbocycles. The van der Waals surface area contributed by atoms with Crippen molar-refractivity contribution in [1.29, 1.82) is 0 Å². The van der Waals surface area contributed by atoms with Gasteiger partial charge >= 0.3 is 0 Å². The van der Waals surface area contributed by atoms with Crippen LogP contribution in [-0.2, 0) is 6.42 Å². The zero-order valence-electron chi connectivity index (χ0n) is 9.19. The van der Waals surface area contributed by atoms with Crippen LogP contribution < -0.4 is 0 Å². The lowest BCUT2D eigenvalue weighted by molar-refractivity contribution is 0.751. The number of halogens is 1. The molecule has 0 aliphatic heterocycles. The van der Waals surface area contributed by atoms with Crippen LogP contribution in [0, 0.1) is 6.92 Å². The van der Waals surface area contributed by atoms with Gasteiger partial charge in [0.25, 0.3) is 0 Å². The van der Waals surface area contributed by atoms with Crippen LogP contribution in [0.1, 0.15) is 22.7 Å². The molecule has 1 heterocycles. The number of hydrogen-bond acceptors (Lipinski definition) is 2. The van der Waals surface area contributed by atoms with Crippen LogP contribution in [0.25, 0.3) is 0 Å². The van der Waals surface area contributed by atoms with Gasteiger partial charge in [0.2, 0.25) is 0 Å². The van der Waals surface area contributed by atoms with Crippen molar-refractivity contribution in [2.75, 3.05) is 5.88 Å². The smallest absolute Gasteiger partial charge is 0.0794 e. The average molecular weight is 252 g/mol. The van der Waals surface area contributed by atoms with E-state index in [2.05, 4.69) is 41.6 Å². The molecular weight excluding hydrogens is 238 g/mol. The third-order valence-electron chi connectivity index (χ3n) is 2.64. The van der Waals surface area contributed by atoms with Gasteiger partial charge in [0.05, 0.1) is 11.2 Å². The molecule has 0 fully saturated rings. The maximum Gasteiger partial charge on any atom is 0.0794 e. The van der Waals surface area contributed by atoms with E-state index in [0.717, 1.165) is 12.1 Å². The van der Waals surface area contributed by atoms with E-state index >= 15 is 0 Å². The molecule has 2 rings (SSSR count). The summed E-state index contributed by atoms with van der Waals surface area (Å²) in [4.78, 5) is 4.31. The van der Waals surface area contributed by atoms with Gasteiger partial charge in [-0.15, -0.1) is 22.9 Å². The third kappa shape index (κ3) is 2.83. The van der Waals surface area contributed by atoms with Crippen molar-refractivity contribution in [3.8, 4) is 0 Å². The molecule has 1 atom stereocenters. The largest absolute Gasteiger partial charge is 0.250 e. The summed E-state index contributed by atoms with van der Waals surface area (Å²) in [5.74, 6) is 1.00. The maximum absolute atomic E-state index is 6.05. The fraction of sp³-hybridized carbons (Fsp3) is 0.308. The minimum absolute atomic E-state index is 0.365. The number of thiazole rings is 1. The molecule has 0 spiro atoms. The third-order valence-corrected chi connectivity index (χ3v) is 3.65. The lowest BCUT2D eigenvalue weighted by Crippen LogP contribution is -2.05. The predicted molar refractivity (Wildman–Crippen MR) is 70.5 cm³/mol. The minimum Gasteiger partial charge on any atom is -0.250 e. The molecule has 2 aromatic rings. The van der Waals surface area contributed by atoms with E-state index in [9.17, 15) is 0 Å². The van der Waals surface area contributed by atoms with Crippen molar-refractivity contribution in [3.63, 3.8) is 0 Å². The summed E-state index contributed by atoms with van der Waals surface area (Å²) in [6.45, 7) is 2.11. The van der Waals surface area contributed by atoms with Crippen molar-refractivity contribution in [2.45, 2.75) is 19.3 Å². The summed E-state index contributed by atoms with van der Waals surface area (Å²) >= 11 is 7.68. The van der Waals surface area contributed by atoms with E-state index in [0.29, 0.717) is 11.8 Å². The Bertz CT molecular complexity index is 439. The molecule has 0 saturated carbocycles. The van der Waals surface area contributed by atoms with Crippen LogP contribution in [0.4, 0.5) is 0 Å². The summed E-state index contributed by atoms with van der Waals surface area (Å²) in [5, 5.41) is 2.09. The Hall–Kier alpha value is -0.860. The Kier molecular flexibility index (Phi) is 3.97. The van der Waals surface area contributed by atoms with E-state index < -0.39 is 0 Å². The molecule has 0 bridgehead atoms. The zero-order valence-corrected chi connectivity index (χ0v) is 10.8. The first-order valence-corrected chi connectivity index (χ1v) is 6.77.